The number of aliphatic hydroxyl groups is 1. The lowest BCUT2D eigenvalue weighted by molar-refractivity contribution is -0.120. The fraction of sp³-hybridized carbons (Fsp3) is 0.435. The second-order valence-corrected chi connectivity index (χ2v) is 10.3. The Labute approximate surface area is 194 Å². The highest BCUT2D eigenvalue weighted by atomic mass is 32.1. The highest BCUT2D eigenvalue weighted by Gasteiger charge is 2.44. The molecule has 0 bridgehead atoms. The van der Waals surface area contributed by atoms with Gasteiger partial charge < -0.3 is 15.3 Å². The maximum Gasteiger partial charge on any atom is 0.246 e. The Morgan fingerprint density at radius 1 is 1.39 bits per heavy atom. The second kappa shape index (κ2) is 7.74. The van der Waals surface area contributed by atoms with E-state index in [0.29, 0.717) is 24.1 Å². The summed E-state index contributed by atoms with van der Waals surface area (Å²) in [6, 6.07) is 3.33. The van der Waals surface area contributed by atoms with Crippen LogP contribution in [0.15, 0.2) is 46.5 Å². The van der Waals surface area contributed by atoms with E-state index >= 15 is 0 Å². The number of ketones is 1. The lowest BCUT2D eigenvalue weighted by atomic mass is 9.99. The number of aliphatic imine (C=N–C) groups is 1. The summed E-state index contributed by atoms with van der Waals surface area (Å²) in [7, 11) is 0. The zero-order valence-electron chi connectivity index (χ0n) is 18.3. The van der Waals surface area contributed by atoms with E-state index in [1.807, 2.05) is 28.6 Å². The number of hydrogen-bond acceptors (Lipinski definition) is 9. The fourth-order valence-electron chi connectivity index (χ4n) is 4.65. The van der Waals surface area contributed by atoms with E-state index in [1.54, 1.807) is 17.6 Å². The molecule has 0 spiro atoms. The first-order chi connectivity index (χ1) is 15.9. The summed E-state index contributed by atoms with van der Waals surface area (Å²) < 4.78 is 1.75. The Bertz CT molecular complexity index is 1270. The Hall–Kier alpha value is -3.11. The van der Waals surface area contributed by atoms with Crippen LogP contribution in [-0.2, 0) is 11.2 Å². The van der Waals surface area contributed by atoms with Crippen molar-refractivity contribution < 1.29 is 9.90 Å². The molecule has 1 saturated carbocycles. The van der Waals surface area contributed by atoms with Gasteiger partial charge in [-0.2, -0.15) is 4.98 Å². The van der Waals surface area contributed by atoms with E-state index < -0.39 is 11.6 Å². The molecule has 3 aliphatic rings. The van der Waals surface area contributed by atoms with E-state index in [1.165, 1.54) is 29.8 Å². The second-order valence-electron chi connectivity index (χ2n) is 9.33. The summed E-state index contributed by atoms with van der Waals surface area (Å²) in [6.07, 6.45) is 8.74. The first-order valence-electron chi connectivity index (χ1n) is 11.2. The predicted molar refractivity (Wildman–Crippen MR) is 127 cm³/mol. The smallest absolute Gasteiger partial charge is 0.246 e. The molecule has 6 rings (SSSR count). The summed E-state index contributed by atoms with van der Waals surface area (Å²) in [5, 5.41) is 21.5. The molecular weight excluding hydrogens is 438 g/mol. The quantitative estimate of drug-likeness (QED) is 0.578. The molecule has 0 unspecified atom stereocenters. The van der Waals surface area contributed by atoms with Crippen molar-refractivity contribution >= 4 is 40.2 Å². The van der Waals surface area contributed by atoms with Gasteiger partial charge in [0, 0.05) is 24.2 Å². The number of fused-ring (bicyclic) bond motifs is 1. The van der Waals surface area contributed by atoms with Gasteiger partial charge in [0.15, 0.2) is 11.6 Å². The molecule has 3 aromatic rings. The minimum Gasteiger partial charge on any atom is -0.388 e. The minimum atomic E-state index is -1.01. The lowest BCUT2D eigenvalue weighted by Gasteiger charge is -2.24. The van der Waals surface area contributed by atoms with Gasteiger partial charge in [0.2, 0.25) is 5.95 Å². The van der Waals surface area contributed by atoms with Crippen LogP contribution in [0, 0.1) is 5.92 Å². The van der Waals surface area contributed by atoms with Crippen molar-refractivity contribution in [1.82, 2.24) is 19.6 Å². The summed E-state index contributed by atoms with van der Waals surface area (Å²) in [6.45, 7) is 2.77. The van der Waals surface area contributed by atoms with Crippen LogP contribution in [0.1, 0.15) is 31.2 Å². The molecule has 10 heteroatoms. The van der Waals surface area contributed by atoms with Crippen molar-refractivity contribution in [1.29, 1.82) is 0 Å². The molecular formula is C23H25N7O2S. The molecule has 9 nitrogen and oxygen atoms in total. The summed E-state index contributed by atoms with van der Waals surface area (Å²) in [4.78, 5) is 28.7. The third-order valence-electron chi connectivity index (χ3n) is 6.44. The number of Topliss-reactive ketones (excluding diaryl/α,β-unsaturated/α-hetero) is 1. The molecule has 170 valence electrons. The first-order valence-corrected chi connectivity index (χ1v) is 12.1. The van der Waals surface area contributed by atoms with Crippen molar-refractivity contribution in [3.63, 3.8) is 0 Å². The largest absolute Gasteiger partial charge is 0.388 e. The fourth-order valence-corrected chi connectivity index (χ4v) is 5.28. The van der Waals surface area contributed by atoms with Crippen molar-refractivity contribution in [2.75, 3.05) is 23.3 Å². The normalized spacial score (nSPS) is 24.9. The van der Waals surface area contributed by atoms with Crippen molar-refractivity contribution in [2.24, 2.45) is 10.9 Å². The molecule has 2 fully saturated rings. The van der Waals surface area contributed by atoms with Crippen LogP contribution >= 0.6 is 11.3 Å². The van der Waals surface area contributed by atoms with Gasteiger partial charge in [-0.05, 0) is 49.5 Å². The molecule has 2 aliphatic heterocycles. The van der Waals surface area contributed by atoms with Crippen LogP contribution in [0.4, 0.5) is 11.8 Å². The van der Waals surface area contributed by atoms with Gasteiger partial charge in [0.25, 0.3) is 0 Å². The highest BCUT2D eigenvalue weighted by molar-refractivity contribution is 7.09. The molecule has 5 heterocycles. The predicted octanol–water partition coefficient (Wildman–Crippen LogP) is 2.49. The summed E-state index contributed by atoms with van der Waals surface area (Å²) in [5.41, 5.74) is 1.19. The number of hydrogen-bond donors (Lipinski definition) is 2. The maximum absolute atomic E-state index is 13.2. The van der Waals surface area contributed by atoms with Crippen LogP contribution in [0.2, 0.25) is 0 Å². The maximum atomic E-state index is 13.2. The Kier molecular flexibility index (Phi) is 4.81. The van der Waals surface area contributed by atoms with Gasteiger partial charge in [-0.1, -0.05) is 0 Å². The number of anilines is 2. The standard InChI is InChI=1S/C23H25N7O2S/c1-23(32)11-17(18(31)10-20-24-6-8-33-20)29(13-23)22-27-21(16-3-2-7-30(16)28-22)26-19-9-15(12-25-19)14-4-5-14/h2-3,6-9,14,17,32H,4-5,10-13H2,1H3,(H,25,26,27,28)/t17-,23-/m0/s1. The zero-order chi connectivity index (χ0) is 22.6. The van der Waals surface area contributed by atoms with Crippen molar-refractivity contribution in [2.45, 2.75) is 44.2 Å². The van der Waals surface area contributed by atoms with Crippen LogP contribution in [0.3, 0.4) is 0 Å². The molecule has 1 saturated heterocycles. The number of carbonyl (C=O) groups is 1. The number of β-amino-alcohol motifs (C(OH)–C–C–N with tert-alkyl or cyclic N) is 1. The average Bonchev–Trinajstić information content (AvgIpc) is 3.20. The van der Waals surface area contributed by atoms with Gasteiger partial charge in [-0.25, -0.2) is 9.50 Å². The number of amidine groups is 1. The van der Waals surface area contributed by atoms with Gasteiger partial charge in [0.1, 0.15) is 11.4 Å². The van der Waals surface area contributed by atoms with Crippen LogP contribution < -0.4 is 10.2 Å². The van der Waals surface area contributed by atoms with Crippen molar-refractivity contribution in [3.8, 4) is 0 Å². The van der Waals surface area contributed by atoms with Crippen molar-refractivity contribution in [3.05, 3.63) is 46.6 Å². The number of thiazole rings is 1. The minimum absolute atomic E-state index is 0.00520. The SMILES string of the molecule is C[C@]1(O)C[C@@H](C(=O)Cc2nccs2)N(c2nc(NC3=NCC(C4CC4)=C3)c3cccn3n2)C1. The first kappa shape index (κ1) is 20.5. The lowest BCUT2D eigenvalue weighted by Crippen LogP contribution is -2.39. The Morgan fingerprint density at radius 3 is 3.06 bits per heavy atom. The molecule has 2 N–H and O–H groups in total. The molecule has 1 aliphatic carbocycles. The van der Waals surface area contributed by atoms with Crippen LogP contribution in [0.5, 0.6) is 0 Å². The van der Waals surface area contributed by atoms with E-state index in [0.717, 1.165) is 22.9 Å². The monoisotopic (exact) mass is 463 g/mol. The number of carbonyl (C=O) groups excluding carboxylic acids is 1. The number of nitrogens with one attached hydrogen (secondary N) is 1. The van der Waals surface area contributed by atoms with Crippen LogP contribution in [-0.4, -0.2) is 61.0 Å². The molecule has 3 aromatic heterocycles. The van der Waals surface area contributed by atoms with Gasteiger partial charge in [-0.15, -0.1) is 16.4 Å². The summed E-state index contributed by atoms with van der Waals surface area (Å²) >= 11 is 1.46. The topological polar surface area (TPSA) is 108 Å². The summed E-state index contributed by atoms with van der Waals surface area (Å²) in [5.74, 6) is 2.52. The van der Waals surface area contributed by atoms with Gasteiger partial charge >= 0.3 is 0 Å². The number of rotatable bonds is 6. The van der Waals surface area contributed by atoms with E-state index in [-0.39, 0.29) is 18.7 Å². The molecule has 33 heavy (non-hydrogen) atoms. The third kappa shape index (κ3) is 4.04. The average molecular weight is 464 g/mol. The highest BCUT2D eigenvalue weighted by Crippen LogP contribution is 2.38. The van der Waals surface area contributed by atoms with E-state index in [2.05, 4.69) is 26.5 Å². The number of aromatic nitrogens is 4. The van der Waals surface area contributed by atoms with E-state index in [4.69, 9.17) is 4.98 Å². The number of nitrogens with zero attached hydrogens (tertiary/aromatic N) is 6. The van der Waals surface area contributed by atoms with Gasteiger partial charge in [0.05, 0.1) is 36.2 Å². The van der Waals surface area contributed by atoms with Crippen LogP contribution in [0.25, 0.3) is 5.52 Å². The molecule has 2 atom stereocenters. The van der Waals surface area contributed by atoms with E-state index in [9.17, 15) is 9.90 Å². The van der Waals surface area contributed by atoms with Gasteiger partial charge in [-0.3, -0.25) is 9.79 Å². The Morgan fingerprint density at radius 2 is 2.27 bits per heavy atom. The zero-order valence-corrected chi connectivity index (χ0v) is 19.1. The molecule has 0 amide bonds. The molecule has 0 aromatic carbocycles. The Balaban J connectivity index is 1.32. The molecule has 0 radical (unpaired) electrons. The third-order valence-corrected chi connectivity index (χ3v) is 7.22.